The van der Waals surface area contributed by atoms with Gasteiger partial charge in [0, 0.05) is 16.3 Å². The van der Waals surface area contributed by atoms with E-state index in [0.717, 1.165) is 16.4 Å². The molecule has 0 saturated carbocycles. The average Bonchev–Trinajstić information content (AvgIpc) is 2.67. The van der Waals surface area contributed by atoms with Crippen LogP contribution in [0.15, 0.2) is 30.3 Å². The monoisotopic (exact) mass is 245 g/mol. The molecule has 2 nitrogen and oxygen atoms in total. The lowest BCUT2D eigenvalue weighted by Gasteiger charge is -2.03. The predicted octanol–water partition coefficient (Wildman–Crippen LogP) is 4.29. The van der Waals surface area contributed by atoms with Gasteiger partial charge >= 0.3 is 0 Å². The molecule has 1 N–H and O–H groups in total. The average molecular weight is 246 g/mol. The van der Waals surface area contributed by atoms with Crippen molar-refractivity contribution in [3.63, 3.8) is 0 Å². The SMILES string of the molecule is COc1c(Cl)ccc2c1[nH]c1ccc(C)cc12. The van der Waals surface area contributed by atoms with E-state index in [-0.39, 0.29) is 0 Å². The van der Waals surface area contributed by atoms with Gasteiger partial charge in [0.1, 0.15) is 0 Å². The van der Waals surface area contributed by atoms with Crippen LogP contribution in [0.3, 0.4) is 0 Å². The largest absolute Gasteiger partial charge is 0.493 e. The highest BCUT2D eigenvalue weighted by atomic mass is 35.5. The molecule has 3 aromatic rings. The molecule has 0 fully saturated rings. The van der Waals surface area contributed by atoms with E-state index in [4.69, 9.17) is 16.3 Å². The number of hydrogen-bond acceptors (Lipinski definition) is 1. The van der Waals surface area contributed by atoms with Crippen LogP contribution in [0.2, 0.25) is 5.02 Å². The number of benzene rings is 2. The Hall–Kier alpha value is -1.67. The molecule has 0 atom stereocenters. The normalized spacial score (nSPS) is 11.2. The zero-order valence-electron chi connectivity index (χ0n) is 9.67. The van der Waals surface area contributed by atoms with Crippen molar-refractivity contribution in [2.75, 3.05) is 7.11 Å². The van der Waals surface area contributed by atoms with Gasteiger partial charge < -0.3 is 9.72 Å². The second-order valence-electron chi connectivity index (χ2n) is 4.18. The maximum atomic E-state index is 6.12. The van der Waals surface area contributed by atoms with E-state index in [1.807, 2.05) is 12.1 Å². The fraction of sp³-hybridized carbons (Fsp3) is 0.143. The Morgan fingerprint density at radius 1 is 1.12 bits per heavy atom. The van der Waals surface area contributed by atoms with E-state index in [0.29, 0.717) is 10.8 Å². The van der Waals surface area contributed by atoms with Crippen molar-refractivity contribution in [2.45, 2.75) is 6.92 Å². The highest BCUT2D eigenvalue weighted by Gasteiger charge is 2.11. The highest BCUT2D eigenvalue weighted by Crippen LogP contribution is 2.36. The number of H-pyrrole nitrogens is 1. The third-order valence-corrected chi connectivity index (χ3v) is 3.34. The molecule has 0 aliphatic rings. The number of aromatic amines is 1. The van der Waals surface area contributed by atoms with Crippen molar-refractivity contribution >= 4 is 33.4 Å². The van der Waals surface area contributed by atoms with Gasteiger partial charge in [-0.25, -0.2) is 0 Å². The number of rotatable bonds is 1. The Bertz CT molecular complexity index is 715. The molecule has 1 aromatic heterocycles. The van der Waals surface area contributed by atoms with Gasteiger partial charge in [0.25, 0.3) is 0 Å². The molecule has 0 radical (unpaired) electrons. The minimum Gasteiger partial charge on any atom is -0.493 e. The lowest BCUT2D eigenvalue weighted by molar-refractivity contribution is 0.419. The van der Waals surface area contributed by atoms with E-state index >= 15 is 0 Å². The van der Waals surface area contributed by atoms with Crippen LogP contribution in [-0.2, 0) is 0 Å². The van der Waals surface area contributed by atoms with E-state index < -0.39 is 0 Å². The predicted molar refractivity (Wildman–Crippen MR) is 72.1 cm³/mol. The molecule has 0 unspecified atom stereocenters. The molecule has 0 bridgehead atoms. The first kappa shape index (κ1) is 10.5. The summed E-state index contributed by atoms with van der Waals surface area (Å²) in [5.74, 6) is 0.706. The molecule has 0 aliphatic heterocycles. The van der Waals surface area contributed by atoms with E-state index in [1.165, 1.54) is 10.9 Å². The number of ether oxygens (including phenoxy) is 1. The molecule has 3 rings (SSSR count). The van der Waals surface area contributed by atoms with Crippen molar-refractivity contribution in [1.82, 2.24) is 4.98 Å². The van der Waals surface area contributed by atoms with Crippen LogP contribution in [-0.4, -0.2) is 12.1 Å². The lowest BCUT2D eigenvalue weighted by Crippen LogP contribution is -1.85. The molecule has 17 heavy (non-hydrogen) atoms. The number of fused-ring (bicyclic) bond motifs is 3. The smallest absolute Gasteiger partial charge is 0.161 e. The number of hydrogen-bond donors (Lipinski definition) is 1. The number of halogens is 1. The molecule has 1 heterocycles. The first-order valence-corrected chi connectivity index (χ1v) is 5.83. The summed E-state index contributed by atoms with van der Waals surface area (Å²) >= 11 is 6.12. The van der Waals surface area contributed by atoms with Gasteiger partial charge in [-0.2, -0.15) is 0 Å². The number of nitrogens with one attached hydrogen (secondary N) is 1. The molecule has 2 aromatic carbocycles. The van der Waals surface area contributed by atoms with Crippen LogP contribution >= 0.6 is 11.6 Å². The van der Waals surface area contributed by atoms with Crippen molar-refractivity contribution in [1.29, 1.82) is 0 Å². The highest BCUT2D eigenvalue weighted by molar-refractivity contribution is 6.33. The Labute approximate surface area is 104 Å². The molecule has 0 spiro atoms. The molecule has 3 heteroatoms. The molecule has 0 amide bonds. The third-order valence-electron chi connectivity index (χ3n) is 3.04. The number of aryl methyl sites for hydroxylation is 1. The second kappa shape index (κ2) is 3.67. The van der Waals surface area contributed by atoms with Gasteiger partial charge in [0.15, 0.2) is 5.75 Å². The second-order valence-corrected chi connectivity index (χ2v) is 4.58. The summed E-state index contributed by atoms with van der Waals surface area (Å²) in [6.45, 7) is 2.09. The van der Waals surface area contributed by atoms with Crippen molar-refractivity contribution in [3.05, 3.63) is 40.9 Å². The van der Waals surface area contributed by atoms with Crippen LogP contribution < -0.4 is 4.74 Å². The first-order chi connectivity index (χ1) is 8.20. The Balaban J connectivity index is 2.51. The Morgan fingerprint density at radius 3 is 2.71 bits per heavy atom. The van der Waals surface area contributed by atoms with E-state index in [1.54, 1.807) is 7.11 Å². The van der Waals surface area contributed by atoms with Gasteiger partial charge in [-0.15, -0.1) is 0 Å². The van der Waals surface area contributed by atoms with E-state index in [9.17, 15) is 0 Å². The summed E-state index contributed by atoms with van der Waals surface area (Å²) in [4.78, 5) is 3.36. The molecule has 86 valence electrons. The summed E-state index contributed by atoms with van der Waals surface area (Å²) in [6, 6.07) is 10.2. The van der Waals surface area contributed by atoms with Crippen LogP contribution in [0.25, 0.3) is 21.8 Å². The maximum absolute atomic E-state index is 6.12. The Morgan fingerprint density at radius 2 is 1.94 bits per heavy atom. The van der Waals surface area contributed by atoms with Crippen LogP contribution in [0.5, 0.6) is 5.75 Å². The summed E-state index contributed by atoms with van der Waals surface area (Å²) < 4.78 is 5.35. The third kappa shape index (κ3) is 1.48. The summed E-state index contributed by atoms with van der Waals surface area (Å²) in [6.07, 6.45) is 0. The number of methoxy groups -OCH3 is 1. The first-order valence-electron chi connectivity index (χ1n) is 5.45. The van der Waals surface area contributed by atoms with E-state index in [2.05, 4.69) is 30.1 Å². The fourth-order valence-corrected chi connectivity index (χ4v) is 2.46. The van der Waals surface area contributed by atoms with Crippen molar-refractivity contribution in [2.24, 2.45) is 0 Å². The summed E-state index contributed by atoms with van der Waals surface area (Å²) in [5.41, 5.74) is 3.30. The quantitative estimate of drug-likeness (QED) is 0.680. The number of aromatic nitrogens is 1. The topological polar surface area (TPSA) is 25.0 Å². The lowest BCUT2D eigenvalue weighted by atomic mass is 10.1. The van der Waals surface area contributed by atoms with Gasteiger partial charge in [-0.3, -0.25) is 0 Å². The zero-order chi connectivity index (χ0) is 12.0. The van der Waals surface area contributed by atoms with Crippen molar-refractivity contribution in [3.8, 4) is 5.75 Å². The minimum absolute atomic E-state index is 0.628. The summed E-state index contributed by atoms with van der Waals surface area (Å²) in [5, 5.41) is 2.98. The van der Waals surface area contributed by atoms with Gasteiger partial charge in [-0.1, -0.05) is 29.3 Å². The molecule has 0 saturated heterocycles. The van der Waals surface area contributed by atoms with Crippen LogP contribution in [0.1, 0.15) is 5.56 Å². The van der Waals surface area contributed by atoms with Crippen molar-refractivity contribution < 1.29 is 4.74 Å². The minimum atomic E-state index is 0.628. The molecular weight excluding hydrogens is 234 g/mol. The van der Waals surface area contributed by atoms with Gasteiger partial charge in [-0.05, 0) is 25.1 Å². The molecular formula is C14H12ClNO. The van der Waals surface area contributed by atoms with Crippen LogP contribution in [0, 0.1) is 6.92 Å². The zero-order valence-corrected chi connectivity index (χ0v) is 10.4. The summed E-state index contributed by atoms with van der Waals surface area (Å²) in [7, 11) is 1.64. The standard InChI is InChI=1S/C14H12ClNO/c1-8-3-6-12-10(7-8)9-4-5-11(15)14(17-2)13(9)16-12/h3-7,16H,1-2H3. The molecule has 0 aliphatic carbocycles. The van der Waals surface area contributed by atoms with Crippen LogP contribution in [0.4, 0.5) is 0 Å². The van der Waals surface area contributed by atoms with Gasteiger partial charge in [0.05, 0.1) is 17.6 Å². The Kier molecular flexibility index (Phi) is 2.26. The fourth-order valence-electron chi connectivity index (χ4n) is 2.23. The van der Waals surface area contributed by atoms with Gasteiger partial charge in [0.2, 0.25) is 0 Å². The maximum Gasteiger partial charge on any atom is 0.161 e.